The van der Waals surface area contributed by atoms with Gasteiger partial charge in [-0.3, -0.25) is 0 Å². The largest absolute Gasteiger partial charge is 0.385 e. The minimum Gasteiger partial charge on any atom is -0.385 e. The lowest BCUT2D eigenvalue weighted by atomic mass is 10.3. The third-order valence-electron chi connectivity index (χ3n) is 2.07. The van der Waals surface area contributed by atoms with Gasteiger partial charge in [0.25, 0.3) is 0 Å². The molecule has 0 bridgehead atoms. The monoisotopic (exact) mass is 226 g/mol. The van der Waals surface area contributed by atoms with Gasteiger partial charge in [0.1, 0.15) is 11.3 Å². The summed E-state index contributed by atoms with van der Waals surface area (Å²) in [4.78, 5) is 8.13. The highest BCUT2D eigenvalue weighted by Crippen LogP contribution is 2.13. The van der Waals surface area contributed by atoms with Crippen molar-refractivity contribution < 1.29 is 5.11 Å². The Labute approximate surface area is 91.7 Å². The van der Waals surface area contributed by atoms with Crippen LogP contribution >= 0.6 is 11.6 Å². The Morgan fingerprint density at radius 1 is 1.60 bits per heavy atom. The predicted octanol–water partition coefficient (Wildman–Crippen LogP) is 0.636. The molecule has 2 heterocycles. The van der Waals surface area contributed by atoms with E-state index in [0.29, 0.717) is 23.0 Å². The van der Waals surface area contributed by atoms with E-state index in [-0.39, 0.29) is 0 Å². The van der Waals surface area contributed by atoms with Gasteiger partial charge in [0.15, 0.2) is 5.65 Å². The van der Waals surface area contributed by atoms with E-state index in [1.807, 2.05) is 0 Å². The first-order valence-electron chi connectivity index (χ1n) is 4.53. The van der Waals surface area contributed by atoms with Gasteiger partial charge in [-0.1, -0.05) is 11.6 Å². The molecule has 80 valence electrons. The molecule has 0 radical (unpaired) electrons. The van der Waals surface area contributed by atoms with E-state index in [2.05, 4.69) is 15.3 Å². The fourth-order valence-electron chi connectivity index (χ4n) is 1.35. The zero-order valence-electron chi connectivity index (χ0n) is 8.18. The van der Waals surface area contributed by atoms with Gasteiger partial charge in [0.05, 0.1) is 11.9 Å². The summed E-state index contributed by atoms with van der Waals surface area (Å²) in [5.74, 6) is 0. The summed E-state index contributed by atoms with van der Waals surface area (Å²) < 4.78 is 1.74. The Balaban J connectivity index is 2.38. The molecular weight excluding hydrogens is 216 g/mol. The zero-order valence-corrected chi connectivity index (χ0v) is 8.94. The molecular formula is C9H11ClN4O. The van der Waals surface area contributed by atoms with E-state index in [4.69, 9.17) is 11.6 Å². The fraction of sp³-hybridized carbons (Fsp3) is 0.333. The van der Waals surface area contributed by atoms with Crippen molar-refractivity contribution in [3.8, 4) is 0 Å². The van der Waals surface area contributed by atoms with Crippen LogP contribution in [0.15, 0.2) is 18.6 Å². The Morgan fingerprint density at radius 2 is 2.40 bits per heavy atom. The van der Waals surface area contributed by atoms with Crippen molar-refractivity contribution in [2.45, 2.75) is 6.10 Å². The summed E-state index contributed by atoms with van der Waals surface area (Å²) in [6.45, 7) is 0.463. The molecule has 0 fully saturated rings. The van der Waals surface area contributed by atoms with Crippen molar-refractivity contribution in [1.82, 2.24) is 19.7 Å². The minimum atomic E-state index is -0.617. The van der Waals surface area contributed by atoms with Gasteiger partial charge in [0.2, 0.25) is 0 Å². The molecule has 0 aliphatic carbocycles. The molecule has 2 N–H and O–H groups in total. The van der Waals surface area contributed by atoms with E-state index in [1.54, 1.807) is 30.0 Å². The number of nitrogens with one attached hydrogen (secondary N) is 1. The summed E-state index contributed by atoms with van der Waals surface area (Å²) in [7, 11) is 1.78. The predicted molar refractivity (Wildman–Crippen MR) is 56.9 cm³/mol. The first-order valence-corrected chi connectivity index (χ1v) is 4.91. The standard InChI is InChI=1S/C9H11ClN4O/c1-11-2-7(15)6-4-14-5-8(10)12-3-9(14)13-6/h3-5,7,11,15H,2H2,1H3. The van der Waals surface area contributed by atoms with Crippen LogP contribution in [0, 0.1) is 0 Å². The second-order valence-electron chi connectivity index (χ2n) is 3.21. The second-order valence-corrected chi connectivity index (χ2v) is 3.60. The molecule has 0 aromatic carbocycles. The van der Waals surface area contributed by atoms with Crippen LogP contribution in [0.25, 0.3) is 5.65 Å². The number of rotatable bonds is 3. The quantitative estimate of drug-likeness (QED) is 0.806. The van der Waals surface area contributed by atoms with Crippen molar-refractivity contribution in [3.63, 3.8) is 0 Å². The maximum atomic E-state index is 9.70. The molecule has 0 aliphatic heterocycles. The molecule has 0 amide bonds. The number of likely N-dealkylation sites (N-methyl/N-ethyl adjacent to an activating group) is 1. The molecule has 1 unspecified atom stereocenters. The molecule has 0 saturated carbocycles. The van der Waals surface area contributed by atoms with E-state index >= 15 is 0 Å². The van der Waals surface area contributed by atoms with Gasteiger partial charge in [-0.05, 0) is 7.05 Å². The minimum absolute atomic E-state index is 0.398. The van der Waals surface area contributed by atoms with Gasteiger partial charge in [-0.15, -0.1) is 0 Å². The van der Waals surface area contributed by atoms with Crippen LogP contribution in [-0.2, 0) is 0 Å². The maximum Gasteiger partial charge on any atom is 0.155 e. The maximum absolute atomic E-state index is 9.70. The summed E-state index contributed by atoms with van der Waals surface area (Å²) in [5, 5.41) is 13.0. The lowest BCUT2D eigenvalue weighted by Gasteiger charge is -2.04. The van der Waals surface area contributed by atoms with Gasteiger partial charge < -0.3 is 14.8 Å². The lowest BCUT2D eigenvalue weighted by Crippen LogP contribution is -2.16. The highest BCUT2D eigenvalue weighted by molar-refractivity contribution is 6.29. The number of fused-ring (bicyclic) bond motifs is 1. The Bertz CT molecular complexity index is 470. The van der Waals surface area contributed by atoms with E-state index in [1.165, 1.54) is 0 Å². The van der Waals surface area contributed by atoms with Crippen LogP contribution < -0.4 is 5.32 Å². The van der Waals surface area contributed by atoms with E-state index in [9.17, 15) is 5.11 Å². The number of halogens is 1. The molecule has 0 saturated heterocycles. The van der Waals surface area contributed by atoms with Crippen molar-refractivity contribution >= 4 is 17.2 Å². The van der Waals surface area contributed by atoms with E-state index in [0.717, 1.165) is 0 Å². The van der Waals surface area contributed by atoms with Gasteiger partial charge in [-0.2, -0.15) is 0 Å². The Kier molecular flexibility index (Phi) is 2.86. The number of hydrogen-bond acceptors (Lipinski definition) is 4. The summed E-state index contributed by atoms with van der Waals surface area (Å²) in [6.07, 6.45) is 4.34. The summed E-state index contributed by atoms with van der Waals surface area (Å²) in [6, 6.07) is 0. The number of aromatic nitrogens is 3. The molecule has 0 aliphatic rings. The fourth-order valence-corrected chi connectivity index (χ4v) is 1.51. The SMILES string of the molecule is CNCC(O)c1cn2cc(Cl)ncc2n1. The molecule has 5 nitrogen and oxygen atoms in total. The van der Waals surface area contributed by atoms with Crippen molar-refractivity contribution in [3.05, 3.63) is 29.4 Å². The number of aliphatic hydroxyl groups excluding tert-OH is 1. The average molecular weight is 227 g/mol. The van der Waals surface area contributed by atoms with Crippen LogP contribution in [0.4, 0.5) is 0 Å². The van der Waals surface area contributed by atoms with Crippen LogP contribution in [0.3, 0.4) is 0 Å². The van der Waals surface area contributed by atoms with Gasteiger partial charge in [0, 0.05) is 18.9 Å². The Morgan fingerprint density at radius 3 is 3.13 bits per heavy atom. The molecule has 2 aromatic heterocycles. The van der Waals surface area contributed by atoms with Crippen molar-refractivity contribution in [2.75, 3.05) is 13.6 Å². The summed E-state index contributed by atoms with van der Waals surface area (Å²) in [5.41, 5.74) is 1.28. The molecule has 1 atom stereocenters. The van der Waals surface area contributed by atoms with Crippen molar-refractivity contribution in [2.24, 2.45) is 0 Å². The van der Waals surface area contributed by atoms with E-state index < -0.39 is 6.10 Å². The number of aliphatic hydroxyl groups is 1. The first-order chi connectivity index (χ1) is 7.20. The topological polar surface area (TPSA) is 62.5 Å². The molecule has 15 heavy (non-hydrogen) atoms. The first kappa shape index (κ1) is 10.4. The molecule has 0 spiro atoms. The second kappa shape index (κ2) is 4.14. The smallest absolute Gasteiger partial charge is 0.155 e. The lowest BCUT2D eigenvalue weighted by molar-refractivity contribution is 0.173. The van der Waals surface area contributed by atoms with Crippen LogP contribution in [-0.4, -0.2) is 33.1 Å². The highest BCUT2D eigenvalue weighted by Gasteiger charge is 2.10. The molecule has 2 aromatic rings. The third-order valence-corrected chi connectivity index (χ3v) is 2.26. The van der Waals surface area contributed by atoms with Crippen LogP contribution in [0.5, 0.6) is 0 Å². The summed E-state index contributed by atoms with van der Waals surface area (Å²) >= 11 is 5.73. The number of imidazole rings is 1. The average Bonchev–Trinajstić information content (AvgIpc) is 2.60. The molecule has 6 heteroatoms. The molecule has 2 rings (SSSR count). The van der Waals surface area contributed by atoms with Gasteiger partial charge >= 0.3 is 0 Å². The normalized spacial score (nSPS) is 13.3. The van der Waals surface area contributed by atoms with Crippen LogP contribution in [0.2, 0.25) is 5.15 Å². The third kappa shape index (κ3) is 2.09. The number of hydrogen-bond donors (Lipinski definition) is 2. The van der Waals surface area contributed by atoms with Crippen molar-refractivity contribution in [1.29, 1.82) is 0 Å². The Hall–Kier alpha value is -1.17. The zero-order chi connectivity index (χ0) is 10.8. The van der Waals surface area contributed by atoms with Crippen LogP contribution in [0.1, 0.15) is 11.8 Å². The van der Waals surface area contributed by atoms with Gasteiger partial charge in [-0.25, -0.2) is 9.97 Å². The highest BCUT2D eigenvalue weighted by atomic mass is 35.5. The number of nitrogens with zero attached hydrogens (tertiary/aromatic N) is 3.